The average molecular weight is 360 g/mol. The van der Waals surface area contributed by atoms with Crippen LogP contribution < -0.4 is 15.4 Å². The molecule has 2 N–H and O–H groups in total. The van der Waals surface area contributed by atoms with Crippen LogP contribution in [0.25, 0.3) is 0 Å². The molecule has 1 fully saturated rings. The summed E-state index contributed by atoms with van der Waals surface area (Å²) in [4.78, 5) is 12.1. The Morgan fingerprint density at radius 3 is 2.76 bits per heavy atom. The summed E-state index contributed by atoms with van der Waals surface area (Å²) in [6, 6.07) is 13.9. The van der Waals surface area contributed by atoms with Crippen LogP contribution in [0.2, 0.25) is 0 Å². The molecule has 4 nitrogen and oxygen atoms in total. The average Bonchev–Trinajstić information content (AvgIpc) is 2.63. The highest BCUT2D eigenvalue weighted by molar-refractivity contribution is 7.99. The van der Waals surface area contributed by atoms with Crippen molar-refractivity contribution in [1.29, 1.82) is 0 Å². The van der Waals surface area contributed by atoms with Gasteiger partial charge in [-0.05, 0) is 30.3 Å². The van der Waals surface area contributed by atoms with E-state index >= 15 is 0 Å². The zero-order chi connectivity index (χ0) is 17.5. The second kappa shape index (κ2) is 8.87. The first-order valence-corrected chi connectivity index (χ1v) is 9.43. The van der Waals surface area contributed by atoms with E-state index in [1.54, 1.807) is 42.5 Å². The van der Waals surface area contributed by atoms with Gasteiger partial charge in [0.1, 0.15) is 18.2 Å². The lowest BCUT2D eigenvalue weighted by molar-refractivity contribution is -0.116. The van der Waals surface area contributed by atoms with E-state index in [0.29, 0.717) is 17.7 Å². The third-order valence-electron chi connectivity index (χ3n) is 3.92. The van der Waals surface area contributed by atoms with Crippen LogP contribution in [0, 0.1) is 5.82 Å². The Labute approximate surface area is 151 Å². The van der Waals surface area contributed by atoms with E-state index in [2.05, 4.69) is 10.6 Å². The molecule has 3 rings (SSSR count). The quantitative estimate of drug-likeness (QED) is 0.829. The Hall–Kier alpha value is -2.05. The van der Waals surface area contributed by atoms with Crippen molar-refractivity contribution in [3.63, 3.8) is 0 Å². The van der Waals surface area contributed by atoms with Crippen molar-refractivity contribution in [1.82, 2.24) is 5.32 Å². The van der Waals surface area contributed by atoms with Crippen LogP contribution in [-0.4, -0.2) is 30.0 Å². The van der Waals surface area contributed by atoms with Gasteiger partial charge in [-0.3, -0.25) is 4.79 Å². The Kier molecular flexibility index (Phi) is 6.30. The van der Waals surface area contributed by atoms with Gasteiger partial charge in [0.05, 0.1) is 0 Å². The lowest BCUT2D eigenvalue weighted by Crippen LogP contribution is -2.39. The van der Waals surface area contributed by atoms with E-state index in [-0.39, 0.29) is 24.4 Å². The van der Waals surface area contributed by atoms with Gasteiger partial charge in [-0.25, -0.2) is 4.39 Å². The molecular weight excluding hydrogens is 339 g/mol. The van der Waals surface area contributed by atoms with E-state index < -0.39 is 0 Å². The van der Waals surface area contributed by atoms with Crippen LogP contribution in [0.5, 0.6) is 5.75 Å². The summed E-state index contributed by atoms with van der Waals surface area (Å²) >= 11 is 1.87. The molecule has 25 heavy (non-hydrogen) atoms. The fourth-order valence-corrected chi connectivity index (χ4v) is 3.55. The number of rotatable bonds is 6. The maximum atomic E-state index is 13.6. The van der Waals surface area contributed by atoms with E-state index in [0.717, 1.165) is 23.7 Å². The minimum atomic E-state index is -0.277. The van der Waals surface area contributed by atoms with Crippen LogP contribution in [0.4, 0.5) is 10.1 Å². The summed E-state index contributed by atoms with van der Waals surface area (Å²) in [5.74, 6) is 2.43. The van der Waals surface area contributed by atoms with Gasteiger partial charge in [0, 0.05) is 41.8 Å². The molecule has 132 valence electrons. The fraction of sp³-hybridized carbons (Fsp3) is 0.316. The number of halogens is 1. The van der Waals surface area contributed by atoms with Crippen LogP contribution in [0.3, 0.4) is 0 Å². The number of hydrogen-bond donors (Lipinski definition) is 2. The molecule has 2 aromatic rings. The number of anilines is 1. The second-order valence-corrected chi connectivity index (χ2v) is 7.03. The summed E-state index contributed by atoms with van der Waals surface area (Å²) in [7, 11) is 0. The summed E-state index contributed by atoms with van der Waals surface area (Å²) in [5, 5.41) is 6.25. The Bertz CT molecular complexity index is 703. The number of benzene rings is 2. The Balaban J connectivity index is 1.48. The normalized spacial score (nSPS) is 17.1. The van der Waals surface area contributed by atoms with Crippen molar-refractivity contribution >= 4 is 23.4 Å². The third kappa shape index (κ3) is 5.47. The first-order chi connectivity index (χ1) is 12.2. The molecule has 1 aliphatic rings. The van der Waals surface area contributed by atoms with Crippen molar-refractivity contribution in [2.24, 2.45) is 0 Å². The minimum absolute atomic E-state index is 0.0000231. The monoisotopic (exact) mass is 360 g/mol. The summed E-state index contributed by atoms with van der Waals surface area (Å²) < 4.78 is 19.1. The van der Waals surface area contributed by atoms with Gasteiger partial charge in [0.15, 0.2) is 0 Å². The largest absolute Gasteiger partial charge is 0.489 e. The number of carbonyl (C=O) groups is 1. The Morgan fingerprint density at radius 1 is 1.24 bits per heavy atom. The maximum absolute atomic E-state index is 13.6. The Morgan fingerprint density at radius 2 is 2.04 bits per heavy atom. The summed E-state index contributed by atoms with van der Waals surface area (Å²) in [6.45, 7) is 1.13. The van der Waals surface area contributed by atoms with Crippen molar-refractivity contribution in [3.8, 4) is 5.75 Å². The second-order valence-electron chi connectivity index (χ2n) is 5.88. The van der Waals surface area contributed by atoms with Crippen molar-refractivity contribution in [3.05, 3.63) is 59.9 Å². The lowest BCUT2D eigenvalue weighted by Gasteiger charge is -2.22. The fourth-order valence-electron chi connectivity index (χ4n) is 2.60. The van der Waals surface area contributed by atoms with Crippen LogP contribution in [0.1, 0.15) is 12.0 Å². The maximum Gasteiger partial charge on any atom is 0.225 e. The number of nitrogens with one attached hydrogen (secondary N) is 2. The standard InChI is InChI=1S/C19H21FN2O2S/c20-18-4-2-1-3-14(18)12-24-17-7-5-15(6-8-17)22-19(23)11-16-13-25-10-9-21-16/h1-8,16,21H,9-13H2,(H,22,23). The van der Waals surface area contributed by atoms with Gasteiger partial charge < -0.3 is 15.4 Å². The minimum Gasteiger partial charge on any atom is -0.489 e. The van der Waals surface area contributed by atoms with Gasteiger partial charge in [-0.1, -0.05) is 18.2 Å². The molecule has 1 amide bonds. The molecule has 1 saturated heterocycles. The van der Waals surface area contributed by atoms with Gasteiger partial charge in [-0.2, -0.15) is 11.8 Å². The zero-order valence-corrected chi connectivity index (χ0v) is 14.7. The smallest absolute Gasteiger partial charge is 0.225 e. The molecule has 0 bridgehead atoms. The van der Waals surface area contributed by atoms with Crippen molar-refractivity contribution in [2.45, 2.75) is 19.1 Å². The zero-order valence-electron chi connectivity index (χ0n) is 13.8. The molecular formula is C19H21FN2O2S. The molecule has 1 aliphatic heterocycles. The molecule has 0 spiro atoms. The first-order valence-electron chi connectivity index (χ1n) is 8.28. The van der Waals surface area contributed by atoms with E-state index in [1.165, 1.54) is 6.07 Å². The number of ether oxygens (including phenoxy) is 1. The molecule has 0 saturated carbocycles. The lowest BCUT2D eigenvalue weighted by atomic mass is 10.2. The molecule has 2 aromatic carbocycles. The number of carbonyl (C=O) groups excluding carboxylic acids is 1. The highest BCUT2D eigenvalue weighted by Crippen LogP contribution is 2.18. The predicted octanol–water partition coefficient (Wildman–Crippen LogP) is 3.44. The highest BCUT2D eigenvalue weighted by Gasteiger charge is 2.16. The molecule has 0 aliphatic carbocycles. The molecule has 6 heteroatoms. The van der Waals surface area contributed by atoms with Crippen molar-refractivity contribution in [2.75, 3.05) is 23.4 Å². The summed E-state index contributed by atoms with van der Waals surface area (Å²) in [5.41, 5.74) is 1.24. The van der Waals surface area contributed by atoms with Crippen molar-refractivity contribution < 1.29 is 13.9 Å². The molecule has 1 atom stereocenters. The molecule has 1 heterocycles. The van der Waals surface area contributed by atoms with Gasteiger partial charge in [0.25, 0.3) is 0 Å². The van der Waals surface area contributed by atoms with Crippen LogP contribution >= 0.6 is 11.8 Å². The number of hydrogen-bond acceptors (Lipinski definition) is 4. The summed E-state index contributed by atoms with van der Waals surface area (Å²) in [6.07, 6.45) is 0.471. The van der Waals surface area contributed by atoms with Crippen LogP contribution in [-0.2, 0) is 11.4 Å². The number of thioether (sulfide) groups is 1. The molecule has 0 radical (unpaired) electrons. The predicted molar refractivity (Wildman–Crippen MR) is 99.5 cm³/mol. The van der Waals surface area contributed by atoms with Gasteiger partial charge >= 0.3 is 0 Å². The number of amides is 1. The van der Waals surface area contributed by atoms with Crippen LogP contribution in [0.15, 0.2) is 48.5 Å². The topological polar surface area (TPSA) is 50.4 Å². The van der Waals surface area contributed by atoms with E-state index in [4.69, 9.17) is 4.74 Å². The van der Waals surface area contributed by atoms with Gasteiger partial charge in [-0.15, -0.1) is 0 Å². The van der Waals surface area contributed by atoms with E-state index in [9.17, 15) is 9.18 Å². The first kappa shape index (κ1) is 17.8. The van der Waals surface area contributed by atoms with E-state index in [1.807, 2.05) is 11.8 Å². The highest BCUT2D eigenvalue weighted by atomic mass is 32.2. The third-order valence-corrected chi connectivity index (χ3v) is 5.05. The molecule has 0 aromatic heterocycles. The SMILES string of the molecule is O=C(CC1CSCCN1)Nc1ccc(OCc2ccccc2F)cc1. The molecule has 1 unspecified atom stereocenters. The van der Waals surface area contributed by atoms with Gasteiger partial charge in [0.2, 0.25) is 5.91 Å².